The second-order valence-corrected chi connectivity index (χ2v) is 9.96. The maximum atomic E-state index is 14.0. The zero-order valence-electron chi connectivity index (χ0n) is 20.2. The number of benzene rings is 1. The van der Waals surface area contributed by atoms with Gasteiger partial charge < -0.3 is 24.8 Å². The summed E-state index contributed by atoms with van der Waals surface area (Å²) in [5.41, 5.74) is -3.18. The molecule has 2 N–H and O–H groups in total. The molecule has 3 aliphatic rings. The SMILES string of the molecule is CCC1(C)CCC2(CNC(=O)O2)C2CN1C(=O)c1cc(=O)c(C(=O)NCc3c(F)cc(F)cc3F)cn12. The van der Waals surface area contributed by atoms with E-state index in [1.54, 1.807) is 4.90 Å². The Hall–Kier alpha value is -3.83. The van der Waals surface area contributed by atoms with Crippen LogP contribution in [0.15, 0.2) is 29.2 Å². The van der Waals surface area contributed by atoms with Crippen molar-refractivity contribution in [2.24, 2.45) is 0 Å². The van der Waals surface area contributed by atoms with Crippen molar-refractivity contribution in [3.8, 4) is 0 Å². The fourth-order valence-corrected chi connectivity index (χ4v) is 5.48. The Kier molecular flexibility index (Phi) is 5.80. The van der Waals surface area contributed by atoms with Crippen LogP contribution in [0.4, 0.5) is 18.0 Å². The van der Waals surface area contributed by atoms with Crippen molar-refractivity contribution >= 4 is 17.9 Å². The lowest BCUT2D eigenvalue weighted by molar-refractivity contribution is -0.00334. The molecule has 196 valence electrons. The number of halogens is 3. The molecular weight excluding hydrogens is 493 g/mol. The molecule has 3 atom stereocenters. The van der Waals surface area contributed by atoms with Gasteiger partial charge in [-0.3, -0.25) is 14.4 Å². The molecule has 5 rings (SSSR count). The summed E-state index contributed by atoms with van der Waals surface area (Å²) in [4.78, 5) is 53.1. The number of hydrogen-bond donors (Lipinski definition) is 2. The number of hydrogen-bond acceptors (Lipinski definition) is 5. The molecule has 1 spiro atoms. The highest BCUT2D eigenvalue weighted by atomic mass is 19.1. The van der Waals surface area contributed by atoms with Crippen molar-refractivity contribution in [2.45, 2.75) is 56.8 Å². The summed E-state index contributed by atoms with van der Waals surface area (Å²) < 4.78 is 48.4. The van der Waals surface area contributed by atoms with Crippen LogP contribution in [0.1, 0.15) is 65.6 Å². The summed E-state index contributed by atoms with van der Waals surface area (Å²) in [5, 5.41) is 4.97. The number of carbonyl (C=O) groups excluding carboxylic acids is 3. The lowest BCUT2D eigenvalue weighted by atomic mass is 9.85. The number of pyridine rings is 1. The second kappa shape index (κ2) is 8.63. The van der Waals surface area contributed by atoms with E-state index < -0.39 is 64.2 Å². The second-order valence-electron chi connectivity index (χ2n) is 9.96. The highest BCUT2D eigenvalue weighted by Gasteiger charge is 2.56. The van der Waals surface area contributed by atoms with E-state index in [1.807, 2.05) is 13.8 Å². The first-order valence-corrected chi connectivity index (χ1v) is 11.9. The molecule has 2 saturated heterocycles. The Labute approximate surface area is 209 Å². The molecule has 3 aliphatic heterocycles. The van der Waals surface area contributed by atoms with Gasteiger partial charge in [0.25, 0.3) is 11.8 Å². The van der Waals surface area contributed by atoms with Gasteiger partial charge in [-0.05, 0) is 26.2 Å². The van der Waals surface area contributed by atoms with Crippen molar-refractivity contribution in [1.29, 1.82) is 0 Å². The van der Waals surface area contributed by atoms with Crippen LogP contribution < -0.4 is 16.1 Å². The topological polar surface area (TPSA) is 110 Å². The first kappa shape index (κ1) is 24.8. The van der Waals surface area contributed by atoms with Gasteiger partial charge in [0, 0.05) is 48.6 Å². The Morgan fingerprint density at radius 1 is 1.16 bits per heavy atom. The number of aromatic nitrogens is 1. The number of carbonyl (C=O) groups is 3. The van der Waals surface area contributed by atoms with Gasteiger partial charge in [-0.1, -0.05) is 6.92 Å². The molecule has 9 nitrogen and oxygen atoms in total. The summed E-state index contributed by atoms with van der Waals surface area (Å²) in [6.07, 6.45) is 2.28. The summed E-state index contributed by atoms with van der Waals surface area (Å²) in [5.74, 6) is -4.77. The van der Waals surface area contributed by atoms with Crippen LogP contribution in [-0.4, -0.2) is 51.6 Å². The van der Waals surface area contributed by atoms with Gasteiger partial charge in [0.05, 0.1) is 12.6 Å². The molecular formula is C25H25F3N4O5. The molecule has 3 amide bonds. The molecule has 37 heavy (non-hydrogen) atoms. The van der Waals surface area contributed by atoms with Crippen LogP contribution in [0.5, 0.6) is 0 Å². The molecule has 3 unspecified atom stereocenters. The van der Waals surface area contributed by atoms with E-state index in [0.717, 1.165) is 6.07 Å². The van der Waals surface area contributed by atoms with E-state index in [-0.39, 0.29) is 30.3 Å². The number of alkyl carbamates (subject to hydrolysis) is 1. The average Bonchev–Trinajstić information content (AvgIpc) is 3.18. The van der Waals surface area contributed by atoms with Gasteiger partial charge in [-0.15, -0.1) is 0 Å². The monoisotopic (exact) mass is 518 g/mol. The predicted octanol–water partition coefficient (Wildman–Crippen LogP) is 2.63. The Bertz CT molecular complexity index is 1370. The fourth-order valence-electron chi connectivity index (χ4n) is 5.48. The third-order valence-electron chi connectivity index (χ3n) is 7.95. The number of ether oxygens (including phenoxy) is 1. The van der Waals surface area contributed by atoms with Gasteiger partial charge in [-0.25, -0.2) is 18.0 Å². The lowest BCUT2D eigenvalue weighted by Crippen LogP contribution is -2.56. The van der Waals surface area contributed by atoms with Crippen LogP contribution in [0.3, 0.4) is 0 Å². The molecule has 1 aromatic carbocycles. The third-order valence-corrected chi connectivity index (χ3v) is 7.95. The summed E-state index contributed by atoms with van der Waals surface area (Å²) in [7, 11) is 0. The van der Waals surface area contributed by atoms with Crippen molar-refractivity contribution in [3.63, 3.8) is 0 Å². The van der Waals surface area contributed by atoms with Crippen molar-refractivity contribution in [3.05, 3.63) is 68.9 Å². The van der Waals surface area contributed by atoms with Crippen LogP contribution in [0.25, 0.3) is 0 Å². The quantitative estimate of drug-likeness (QED) is 0.647. The van der Waals surface area contributed by atoms with Gasteiger partial charge in [0.2, 0.25) is 0 Å². The maximum absolute atomic E-state index is 14.0. The van der Waals surface area contributed by atoms with Crippen LogP contribution in [0.2, 0.25) is 0 Å². The number of amides is 3. The van der Waals surface area contributed by atoms with E-state index in [9.17, 15) is 32.3 Å². The highest BCUT2D eigenvalue weighted by molar-refractivity contribution is 5.97. The van der Waals surface area contributed by atoms with Gasteiger partial charge in [0.1, 0.15) is 28.7 Å². The normalized spacial score (nSPS) is 26.4. The van der Waals surface area contributed by atoms with E-state index >= 15 is 0 Å². The molecule has 2 aromatic rings. The zero-order valence-corrected chi connectivity index (χ0v) is 20.2. The Morgan fingerprint density at radius 2 is 1.86 bits per heavy atom. The first-order chi connectivity index (χ1) is 17.5. The smallest absolute Gasteiger partial charge is 0.407 e. The molecule has 4 heterocycles. The summed E-state index contributed by atoms with van der Waals surface area (Å²) in [6, 6.07) is 1.45. The van der Waals surface area contributed by atoms with Crippen molar-refractivity contribution in [1.82, 2.24) is 20.1 Å². The minimum absolute atomic E-state index is 0.0531. The minimum atomic E-state index is -1.18. The molecule has 0 aliphatic carbocycles. The zero-order chi connectivity index (χ0) is 26.7. The van der Waals surface area contributed by atoms with Gasteiger partial charge in [-0.2, -0.15) is 0 Å². The van der Waals surface area contributed by atoms with Crippen LogP contribution in [0, 0.1) is 17.5 Å². The number of fused-ring (bicyclic) bond motifs is 5. The first-order valence-electron chi connectivity index (χ1n) is 11.9. The van der Waals surface area contributed by atoms with Gasteiger partial charge in [0.15, 0.2) is 11.0 Å². The van der Waals surface area contributed by atoms with E-state index in [2.05, 4.69) is 10.6 Å². The van der Waals surface area contributed by atoms with Crippen molar-refractivity contribution < 1.29 is 32.3 Å². The molecule has 0 saturated carbocycles. The summed E-state index contributed by atoms with van der Waals surface area (Å²) in [6.45, 7) is 3.67. The van der Waals surface area contributed by atoms with E-state index in [0.29, 0.717) is 31.4 Å². The molecule has 0 radical (unpaired) electrons. The molecule has 2 bridgehead atoms. The molecule has 12 heteroatoms. The Balaban J connectivity index is 1.54. The van der Waals surface area contributed by atoms with E-state index in [4.69, 9.17) is 4.74 Å². The fraction of sp³-hybridized carbons (Fsp3) is 0.440. The van der Waals surface area contributed by atoms with Crippen LogP contribution in [-0.2, 0) is 11.3 Å². The average molecular weight is 518 g/mol. The molecule has 1 aromatic heterocycles. The third kappa shape index (κ3) is 3.94. The largest absolute Gasteiger partial charge is 0.439 e. The summed E-state index contributed by atoms with van der Waals surface area (Å²) >= 11 is 0. The molecule has 2 fully saturated rings. The van der Waals surface area contributed by atoms with Gasteiger partial charge >= 0.3 is 6.09 Å². The number of rotatable bonds is 4. The predicted molar refractivity (Wildman–Crippen MR) is 123 cm³/mol. The van der Waals surface area contributed by atoms with Crippen molar-refractivity contribution in [2.75, 3.05) is 13.1 Å². The minimum Gasteiger partial charge on any atom is -0.439 e. The standard InChI is InChI=1S/C25H25F3N4O5/c1-3-24(2)4-5-25(12-30-23(36)37-25)20-11-32(24)22(35)18-8-19(33)15(10-31(18)20)21(34)29-9-14-16(27)6-13(26)7-17(14)28/h6-8,10,20H,3-5,9,11-12H2,1-2H3,(H,29,34)(H,30,36). The van der Waals surface area contributed by atoms with E-state index in [1.165, 1.54) is 10.8 Å². The Morgan fingerprint density at radius 3 is 2.49 bits per heavy atom. The maximum Gasteiger partial charge on any atom is 0.407 e. The number of nitrogens with zero attached hydrogens (tertiary/aromatic N) is 2. The van der Waals surface area contributed by atoms with Crippen LogP contribution >= 0.6 is 0 Å². The highest BCUT2D eigenvalue weighted by Crippen LogP contribution is 2.46. The lowest BCUT2D eigenvalue weighted by Gasteiger charge is -2.45. The number of nitrogens with one attached hydrogen (secondary N) is 2.